The fourth-order valence-corrected chi connectivity index (χ4v) is 6.54. The summed E-state index contributed by atoms with van der Waals surface area (Å²) >= 11 is 0. The normalized spacial score (nSPS) is 20.4. The zero-order chi connectivity index (χ0) is 28.2. The van der Waals surface area contributed by atoms with Gasteiger partial charge in [-0.05, 0) is 79.5 Å². The Hall–Kier alpha value is -4.20. The number of aromatic nitrogens is 2. The Balaban J connectivity index is 1.19. The summed E-state index contributed by atoms with van der Waals surface area (Å²) in [5, 5.41) is 0. The molecule has 2 aromatic heterocycles. The van der Waals surface area contributed by atoms with Crippen molar-refractivity contribution in [2.24, 2.45) is 5.92 Å². The molecule has 0 spiro atoms. The van der Waals surface area contributed by atoms with Crippen LogP contribution in [0.1, 0.15) is 65.2 Å². The van der Waals surface area contributed by atoms with Crippen LogP contribution in [0.5, 0.6) is 0 Å². The molecule has 1 amide bonds. The zero-order valence-electron chi connectivity index (χ0n) is 23.3. The number of carbonyl (C=O) groups is 2. The van der Waals surface area contributed by atoms with Gasteiger partial charge < -0.3 is 18.9 Å². The van der Waals surface area contributed by atoms with Crippen LogP contribution in [-0.4, -0.2) is 52.9 Å². The van der Waals surface area contributed by atoms with Gasteiger partial charge in [0.15, 0.2) is 0 Å². The molecule has 2 aliphatic heterocycles. The van der Waals surface area contributed by atoms with Gasteiger partial charge in [0.25, 0.3) is 5.91 Å². The van der Waals surface area contributed by atoms with Gasteiger partial charge in [-0.25, -0.2) is 9.37 Å². The van der Waals surface area contributed by atoms with E-state index in [0.717, 1.165) is 36.2 Å². The molecule has 2 aromatic carbocycles. The minimum absolute atomic E-state index is 0.00279. The van der Waals surface area contributed by atoms with Crippen LogP contribution in [0, 0.1) is 11.7 Å². The van der Waals surface area contributed by atoms with E-state index in [-0.39, 0.29) is 29.7 Å². The van der Waals surface area contributed by atoms with Gasteiger partial charge in [0.05, 0.1) is 30.3 Å². The van der Waals surface area contributed by atoms with Crippen LogP contribution < -0.4 is 4.90 Å². The first-order valence-corrected chi connectivity index (χ1v) is 14.5. The first-order chi connectivity index (χ1) is 19.9. The molecule has 4 aromatic rings. The van der Waals surface area contributed by atoms with Gasteiger partial charge in [-0.3, -0.25) is 9.59 Å². The Morgan fingerprint density at radius 1 is 1.00 bits per heavy atom. The summed E-state index contributed by atoms with van der Waals surface area (Å²) in [6.45, 7) is 3.96. The fourth-order valence-electron chi connectivity index (χ4n) is 6.54. The van der Waals surface area contributed by atoms with Gasteiger partial charge in [0.2, 0.25) is 0 Å². The lowest BCUT2D eigenvalue weighted by molar-refractivity contribution is -0.144. The summed E-state index contributed by atoms with van der Waals surface area (Å²) in [6, 6.07) is 15.5. The molecule has 4 heterocycles. The van der Waals surface area contributed by atoms with Crippen LogP contribution in [0.25, 0.3) is 16.9 Å². The molecule has 7 rings (SSSR count). The molecule has 2 fully saturated rings. The van der Waals surface area contributed by atoms with E-state index in [1.54, 1.807) is 6.07 Å². The van der Waals surface area contributed by atoms with Crippen molar-refractivity contribution in [2.45, 2.75) is 44.6 Å². The van der Waals surface area contributed by atoms with Crippen LogP contribution in [-0.2, 0) is 16.0 Å². The van der Waals surface area contributed by atoms with Crippen molar-refractivity contribution >= 4 is 23.2 Å². The van der Waals surface area contributed by atoms with Gasteiger partial charge in [-0.15, -0.1) is 0 Å². The van der Waals surface area contributed by atoms with E-state index < -0.39 is 0 Å². The largest absolute Gasteiger partial charge is 0.469 e. The number of nitrogens with zero attached hydrogens (tertiary/aromatic N) is 4. The monoisotopic (exact) mass is 552 g/mol. The van der Waals surface area contributed by atoms with Gasteiger partial charge in [-0.1, -0.05) is 24.3 Å². The summed E-state index contributed by atoms with van der Waals surface area (Å²) in [5.41, 5.74) is 6.67. The Bertz CT molecular complexity index is 1680. The summed E-state index contributed by atoms with van der Waals surface area (Å²) in [7, 11) is 1.40. The molecular formula is C33H33FN4O3. The first-order valence-electron chi connectivity index (χ1n) is 14.5. The number of hydrogen-bond acceptors (Lipinski definition) is 5. The molecule has 0 bridgehead atoms. The molecule has 1 saturated carbocycles. The lowest BCUT2D eigenvalue weighted by Crippen LogP contribution is -2.39. The van der Waals surface area contributed by atoms with Crippen molar-refractivity contribution < 1.29 is 18.7 Å². The molecule has 0 radical (unpaired) electrons. The lowest BCUT2D eigenvalue weighted by Gasteiger charge is -2.35. The highest BCUT2D eigenvalue weighted by Gasteiger charge is 2.32. The molecule has 210 valence electrons. The maximum atomic E-state index is 15.5. The Morgan fingerprint density at radius 2 is 1.83 bits per heavy atom. The maximum Gasteiger partial charge on any atom is 0.310 e. The molecule has 7 nitrogen and oxygen atoms in total. The highest BCUT2D eigenvalue weighted by Crippen LogP contribution is 2.43. The van der Waals surface area contributed by atoms with E-state index in [0.29, 0.717) is 48.8 Å². The van der Waals surface area contributed by atoms with Crippen molar-refractivity contribution in [2.75, 3.05) is 31.6 Å². The fraction of sp³-hybridized carbons (Fsp3) is 0.364. The minimum Gasteiger partial charge on any atom is -0.469 e. The molecule has 0 unspecified atom stereocenters. The van der Waals surface area contributed by atoms with Crippen molar-refractivity contribution in [3.63, 3.8) is 0 Å². The second-order valence-electron chi connectivity index (χ2n) is 11.6. The van der Waals surface area contributed by atoms with Crippen LogP contribution in [0.15, 0.2) is 60.9 Å². The number of amides is 1. The maximum absolute atomic E-state index is 15.5. The third-order valence-electron chi connectivity index (χ3n) is 9.02. The SMILES string of the molecule is COC(=O)[C@H]1CCN(c2ccc(-c3cn4cc(C(=O)N5CCc6ccccc6[C@H]5C)cc(C5CC5)c4n3)c(F)c2)C1. The molecule has 1 saturated heterocycles. The highest BCUT2D eigenvalue weighted by atomic mass is 19.1. The van der Waals surface area contributed by atoms with Gasteiger partial charge in [-0.2, -0.15) is 0 Å². The number of benzene rings is 2. The van der Waals surface area contributed by atoms with Crippen LogP contribution >= 0.6 is 0 Å². The number of fused-ring (bicyclic) bond motifs is 2. The van der Waals surface area contributed by atoms with Crippen LogP contribution in [0.2, 0.25) is 0 Å². The van der Waals surface area contributed by atoms with Gasteiger partial charge in [0, 0.05) is 43.3 Å². The van der Waals surface area contributed by atoms with E-state index in [9.17, 15) is 9.59 Å². The predicted octanol–water partition coefficient (Wildman–Crippen LogP) is 5.78. The number of ether oxygens (including phenoxy) is 1. The Kier molecular flexibility index (Phi) is 6.29. The van der Waals surface area contributed by atoms with E-state index in [1.165, 1.54) is 24.3 Å². The van der Waals surface area contributed by atoms with E-state index >= 15 is 4.39 Å². The Morgan fingerprint density at radius 3 is 2.61 bits per heavy atom. The summed E-state index contributed by atoms with van der Waals surface area (Å²) in [5.74, 6) is -0.403. The highest BCUT2D eigenvalue weighted by molar-refractivity contribution is 5.95. The topological polar surface area (TPSA) is 67.2 Å². The predicted molar refractivity (Wildman–Crippen MR) is 154 cm³/mol. The number of carbonyl (C=O) groups excluding carboxylic acids is 2. The molecule has 2 atom stereocenters. The summed E-state index contributed by atoms with van der Waals surface area (Å²) in [6.07, 6.45) is 7.33. The standard InChI is InChI=1S/C33H33FN4O3/c1-20-26-6-4-3-5-21(26)12-14-38(20)32(39)24-15-28(22-7-8-22)31-35-30(19-37(31)18-24)27-10-9-25(16-29(27)34)36-13-11-23(17-36)33(40)41-2/h3-6,9-10,15-16,18-20,22-23H,7-8,11-14,17H2,1-2H3/t20-,23+/m1/s1. The number of hydrogen-bond donors (Lipinski definition) is 0. The van der Waals surface area contributed by atoms with Gasteiger partial charge >= 0.3 is 5.97 Å². The van der Waals surface area contributed by atoms with Crippen LogP contribution in [0.3, 0.4) is 0 Å². The third-order valence-corrected chi connectivity index (χ3v) is 9.02. The second-order valence-corrected chi connectivity index (χ2v) is 11.6. The van der Waals surface area contributed by atoms with Gasteiger partial charge in [0.1, 0.15) is 11.5 Å². The molecular weight excluding hydrogens is 519 g/mol. The second kappa shape index (κ2) is 10.0. The Labute approximate surface area is 238 Å². The number of anilines is 1. The summed E-state index contributed by atoms with van der Waals surface area (Å²) in [4.78, 5) is 34.6. The van der Waals surface area contributed by atoms with Crippen LogP contribution in [0.4, 0.5) is 10.1 Å². The third kappa shape index (κ3) is 4.55. The van der Waals surface area contributed by atoms with Crippen molar-refractivity contribution in [1.82, 2.24) is 14.3 Å². The molecule has 0 N–H and O–H groups in total. The minimum atomic E-state index is -0.363. The quantitative estimate of drug-likeness (QED) is 0.294. The number of methoxy groups -OCH3 is 1. The number of imidazole rings is 1. The smallest absolute Gasteiger partial charge is 0.310 e. The molecule has 3 aliphatic rings. The lowest BCUT2D eigenvalue weighted by atomic mass is 9.93. The molecule has 1 aliphatic carbocycles. The number of halogens is 1. The number of pyridine rings is 1. The molecule has 8 heteroatoms. The average molecular weight is 553 g/mol. The van der Waals surface area contributed by atoms with Crippen molar-refractivity contribution in [3.8, 4) is 11.3 Å². The average Bonchev–Trinajstić information content (AvgIpc) is 3.55. The number of esters is 1. The van der Waals surface area contributed by atoms with Crippen molar-refractivity contribution in [1.29, 1.82) is 0 Å². The summed E-state index contributed by atoms with van der Waals surface area (Å²) < 4.78 is 22.3. The van der Waals surface area contributed by atoms with Crippen molar-refractivity contribution in [3.05, 3.63) is 89.0 Å². The first kappa shape index (κ1) is 25.7. The zero-order valence-corrected chi connectivity index (χ0v) is 23.3. The van der Waals surface area contributed by atoms with E-state index in [1.807, 2.05) is 44.8 Å². The van der Waals surface area contributed by atoms with E-state index in [4.69, 9.17) is 9.72 Å². The van der Waals surface area contributed by atoms with E-state index in [2.05, 4.69) is 25.1 Å². The molecule has 41 heavy (non-hydrogen) atoms. The number of rotatable bonds is 5.